The molecular weight excluding hydrogens is 416 g/mol. The fraction of sp³-hybridized carbons (Fsp3) is 0.423. The predicted molar refractivity (Wildman–Crippen MR) is 130 cm³/mol. The lowest BCUT2D eigenvalue weighted by Crippen LogP contribution is -2.36. The molecule has 7 heteroatoms. The summed E-state index contributed by atoms with van der Waals surface area (Å²) in [4.78, 5) is 32.5. The lowest BCUT2D eigenvalue weighted by Gasteiger charge is -2.23. The Balaban J connectivity index is 1.79. The lowest BCUT2D eigenvalue weighted by molar-refractivity contribution is -0.131. The van der Waals surface area contributed by atoms with Crippen LogP contribution in [0, 0.1) is 0 Å². The van der Waals surface area contributed by atoms with Gasteiger partial charge in [-0.25, -0.2) is 4.98 Å². The number of amides is 2. The van der Waals surface area contributed by atoms with E-state index in [2.05, 4.69) is 19.2 Å². The lowest BCUT2D eigenvalue weighted by atomic mass is 10.1. The Labute approximate surface area is 195 Å². The van der Waals surface area contributed by atoms with Crippen molar-refractivity contribution in [2.75, 3.05) is 20.2 Å². The molecule has 2 amide bonds. The molecule has 1 N–H and O–H groups in total. The summed E-state index contributed by atoms with van der Waals surface area (Å²) in [5.41, 5.74) is 2.61. The summed E-state index contributed by atoms with van der Waals surface area (Å²) < 4.78 is 7.11. The number of benzene rings is 2. The number of aromatic nitrogens is 2. The van der Waals surface area contributed by atoms with Crippen LogP contribution in [0.3, 0.4) is 0 Å². The molecule has 0 spiro atoms. The van der Waals surface area contributed by atoms with Crippen LogP contribution < -0.4 is 10.1 Å². The Morgan fingerprint density at radius 1 is 1.06 bits per heavy atom. The van der Waals surface area contributed by atoms with Crippen molar-refractivity contribution in [3.63, 3.8) is 0 Å². The topological polar surface area (TPSA) is 76.5 Å². The molecular formula is C26H34N4O3. The first-order valence-corrected chi connectivity index (χ1v) is 11.6. The number of fused-ring (bicyclic) bond motifs is 1. The van der Waals surface area contributed by atoms with E-state index in [4.69, 9.17) is 9.72 Å². The van der Waals surface area contributed by atoms with Crippen molar-refractivity contribution in [2.45, 2.75) is 52.6 Å². The molecule has 0 aliphatic rings. The largest absolute Gasteiger partial charge is 0.497 e. The number of carbonyl (C=O) groups is 2. The summed E-state index contributed by atoms with van der Waals surface area (Å²) in [6.45, 7) is 7.74. The number of hydrogen-bond acceptors (Lipinski definition) is 4. The van der Waals surface area contributed by atoms with E-state index in [-0.39, 0.29) is 30.8 Å². The van der Waals surface area contributed by atoms with Gasteiger partial charge in [0.25, 0.3) is 0 Å². The Bertz CT molecular complexity index is 1070. The highest BCUT2D eigenvalue weighted by Crippen LogP contribution is 2.21. The van der Waals surface area contributed by atoms with Crippen LogP contribution in [0.25, 0.3) is 11.0 Å². The molecule has 0 saturated carbocycles. The van der Waals surface area contributed by atoms with Crippen molar-refractivity contribution < 1.29 is 14.3 Å². The molecule has 33 heavy (non-hydrogen) atoms. The summed E-state index contributed by atoms with van der Waals surface area (Å²) in [7, 11) is 1.62. The maximum atomic E-state index is 13.1. The summed E-state index contributed by atoms with van der Waals surface area (Å²) >= 11 is 0. The van der Waals surface area contributed by atoms with Gasteiger partial charge in [0.05, 0.1) is 30.6 Å². The summed E-state index contributed by atoms with van der Waals surface area (Å²) in [6, 6.07) is 14.9. The van der Waals surface area contributed by atoms with Crippen molar-refractivity contribution in [1.29, 1.82) is 0 Å². The second kappa shape index (κ2) is 11.5. The molecule has 1 heterocycles. The number of rotatable bonds is 11. The third kappa shape index (κ3) is 6.12. The number of ether oxygens (including phenoxy) is 1. The van der Waals surface area contributed by atoms with Crippen molar-refractivity contribution in [3.8, 4) is 5.75 Å². The zero-order valence-corrected chi connectivity index (χ0v) is 20.0. The van der Waals surface area contributed by atoms with Crippen LogP contribution in [0.2, 0.25) is 0 Å². The highest BCUT2D eigenvalue weighted by Gasteiger charge is 2.22. The van der Waals surface area contributed by atoms with E-state index in [9.17, 15) is 9.59 Å². The van der Waals surface area contributed by atoms with Crippen LogP contribution in [0.5, 0.6) is 5.75 Å². The van der Waals surface area contributed by atoms with E-state index in [1.165, 1.54) is 0 Å². The monoisotopic (exact) mass is 450 g/mol. The van der Waals surface area contributed by atoms with Crippen molar-refractivity contribution in [1.82, 2.24) is 19.8 Å². The zero-order valence-electron chi connectivity index (χ0n) is 20.0. The van der Waals surface area contributed by atoms with Crippen LogP contribution >= 0.6 is 0 Å². The molecule has 3 rings (SSSR count). The fourth-order valence-corrected chi connectivity index (χ4v) is 4.01. The summed E-state index contributed by atoms with van der Waals surface area (Å²) in [5, 5.41) is 3.05. The number of carbonyl (C=O) groups excluding carboxylic acids is 2. The molecule has 2 aromatic carbocycles. The average Bonchev–Trinajstić information content (AvgIpc) is 3.18. The minimum atomic E-state index is -0.346. The zero-order chi connectivity index (χ0) is 23.8. The van der Waals surface area contributed by atoms with Crippen LogP contribution in [0.1, 0.15) is 51.0 Å². The number of imidazole rings is 1. The molecule has 3 aromatic rings. The predicted octanol–water partition coefficient (Wildman–Crippen LogP) is 4.11. The number of para-hydroxylation sites is 2. The minimum absolute atomic E-state index is 0.0693. The van der Waals surface area contributed by atoms with Crippen LogP contribution in [-0.2, 0) is 22.6 Å². The number of methoxy groups -OCH3 is 1. The Morgan fingerprint density at radius 3 is 2.36 bits per heavy atom. The molecule has 0 bridgehead atoms. The van der Waals surface area contributed by atoms with Gasteiger partial charge >= 0.3 is 0 Å². The van der Waals surface area contributed by atoms with Gasteiger partial charge in [-0.15, -0.1) is 0 Å². The Kier molecular flexibility index (Phi) is 8.46. The SMILES string of the molecule is CCCN(CCC)C(=O)Cn1c(C(C)NC(=O)Cc2ccc(OC)cc2)nc2ccccc21. The highest BCUT2D eigenvalue weighted by molar-refractivity contribution is 5.82. The summed E-state index contributed by atoms with van der Waals surface area (Å²) in [6.07, 6.45) is 2.09. The molecule has 1 unspecified atom stereocenters. The van der Waals surface area contributed by atoms with Crippen LogP contribution in [-0.4, -0.2) is 46.5 Å². The molecule has 0 aliphatic carbocycles. The first kappa shape index (κ1) is 24.3. The summed E-state index contributed by atoms with van der Waals surface area (Å²) in [5.74, 6) is 1.41. The van der Waals surface area contributed by atoms with Gasteiger partial charge in [-0.2, -0.15) is 0 Å². The van der Waals surface area contributed by atoms with E-state index in [0.717, 1.165) is 48.3 Å². The van der Waals surface area contributed by atoms with Gasteiger partial charge in [0.15, 0.2) is 0 Å². The number of nitrogens with zero attached hydrogens (tertiary/aromatic N) is 3. The molecule has 0 saturated heterocycles. The normalized spacial score (nSPS) is 11.9. The molecule has 176 valence electrons. The van der Waals surface area contributed by atoms with Gasteiger partial charge in [-0.3, -0.25) is 9.59 Å². The molecule has 0 fully saturated rings. The number of nitrogens with one attached hydrogen (secondary N) is 1. The average molecular weight is 451 g/mol. The van der Waals surface area contributed by atoms with E-state index < -0.39 is 0 Å². The first-order chi connectivity index (χ1) is 16.0. The van der Waals surface area contributed by atoms with Gasteiger partial charge in [0.1, 0.15) is 18.1 Å². The maximum absolute atomic E-state index is 13.1. The smallest absolute Gasteiger partial charge is 0.242 e. The van der Waals surface area contributed by atoms with E-state index in [1.54, 1.807) is 7.11 Å². The quantitative estimate of drug-likeness (QED) is 0.477. The van der Waals surface area contributed by atoms with E-state index in [0.29, 0.717) is 5.82 Å². The Hall–Kier alpha value is -3.35. The maximum Gasteiger partial charge on any atom is 0.242 e. The Morgan fingerprint density at radius 2 is 1.73 bits per heavy atom. The van der Waals surface area contributed by atoms with Gasteiger partial charge in [-0.1, -0.05) is 38.1 Å². The van der Waals surface area contributed by atoms with Gasteiger partial charge in [0, 0.05) is 13.1 Å². The number of hydrogen-bond donors (Lipinski definition) is 1. The van der Waals surface area contributed by atoms with Crippen molar-refractivity contribution in [2.24, 2.45) is 0 Å². The third-order valence-corrected chi connectivity index (χ3v) is 5.61. The first-order valence-electron chi connectivity index (χ1n) is 11.6. The van der Waals surface area contributed by atoms with Gasteiger partial charge in [-0.05, 0) is 49.6 Å². The standard InChI is InChI=1S/C26H34N4O3/c1-5-15-29(16-6-2)25(32)18-30-23-10-8-7-9-22(23)28-26(30)19(3)27-24(31)17-20-11-13-21(33-4)14-12-20/h7-14,19H,5-6,15-18H2,1-4H3,(H,27,31). The van der Waals surface area contributed by atoms with E-state index >= 15 is 0 Å². The van der Waals surface area contributed by atoms with Crippen LogP contribution in [0.15, 0.2) is 48.5 Å². The molecule has 7 nitrogen and oxygen atoms in total. The van der Waals surface area contributed by atoms with Crippen LogP contribution in [0.4, 0.5) is 0 Å². The second-order valence-corrected chi connectivity index (χ2v) is 8.24. The van der Waals surface area contributed by atoms with Crippen molar-refractivity contribution >= 4 is 22.8 Å². The fourth-order valence-electron chi connectivity index (χ4n) is 4.01. The minimum Gasteiger partial charge on any atom is -0.497 e. The molecule has 0 aliphatic heterocycles. The molecule has 0 radical (unpaired) electrons. The molecule has 1 aromatic heterocycles. The second-order valence-electron chi connectivity index (χ2n) is 8.24. The highest BCUT2D eigenvalue weighted by atomic mass is 16.5. The van der Waals surface area contributed by atoms with Crippen molar-refractivity contribution in [3.05, 3.63) is 59.9 Å². The third-order valence-electron chi connectivity index (χ3n) is 5.61. The van der Waals surface area contributed by atoms with Gasteiger partial charge < -0.3 is 19.5 Å². The van der Waals surface area contributed by atoms with E-state index in [1.807, 2.05) is 64.9 Å². The van der Waals surface area contributed by atoms with Gasteiger partial charge in [0.2, 0.25) is 11.8 Å². The molecule has 1 atom stereocenters.